The zero-order valence-corrected chi connectivity index (χ0v) is 18.9. The number of aromatic nitrogens is 2. The average Bonchev–Trinajstić information content (AvgIpc) is 3.11. The van der Waals surface area contributed by atoms with E-state index in [4.69, 9.17) is 4.52 Å². The second-order valence-electron chi connectivity index (χ2n) is 5.86. The number of hydrogen-bond donors (Lipinski definition) is 3. The van der Waals surface area contributed by atoms with Crippen LogP contribution >= 0.6 is 24.0 Å². The Balaban J connectivity index is 0.00000392. The van der Waals surface area contributed by atoms with Crippen LogP contribution < -0.4 is 16.0 Å². The quantitative estimate of drug-likeness (QED) is 0.211. The lowest BCUT2D eigenvalue weighted by Gasteiger charge is -2.12. The highest BCUT2D eigenvalue weighted by molar-refractivity contribution is 14.0. The molecule has 2 aromatic heterocycles. The number of rotatable bonds is 9. The van der Waals surface area contributed by atoms with Crippen molar-refractivity contribution in [1.29, 1.82) is 0 Å². The van der Waals surface area contributed by atoms with E-state index >= 15 is 0 Å². The highest BCUT2D eigenvalue weighted by Gasteiger charge is 2.13. The molecule has 0 fully saturated rings. The van der Waals surface area contributed by atoms with Crippen molar-refractivity contribution in [3.63, 3.8) is 0 Å². The Hall–Kier alpha value is -2.17. The summed E-state index contributed by atoms with van der Waals surface area (Å²) in [6, 6.07) is 3.47. The predicted molar refractivity (Wildman–Crippen MR) is 120 cm³/mol. The van der Waals surface area contributed by atoms with Crippen LogP contribution in [0, 0.1) is 0 Å². The van der Waals surface area contributed by atoms with Crippen LogP contribution in [0.25, 0.3) is 0 Å². The van der Waals surface area contributed by atoms with Gasteiger partial charge < -0.3 is 20.5 Å². The van der Waals surface area contributed by atoms with Crippen molar-refractivity contribution in [1.82, 2.24) is 26.1 Å². The molecule has 1 amide bonds. The molecule has 0 aliphatic heterocycles. The molecular weight excluding hydrogens is 471 g/mol. The molecule has 0 atom stereocenters. The maximum atomic E-state index is 12.0. The number of carbonyl (C=O) groups is 1. The average molecular weight is 500 g/mol. The first-order valence-electron chi connectivity index (χ1n) is 9.36. The van der Waals surface area contributed by atoms with Crippen molar-refractivity contribution in [2.75, 3.05) is 19.6 Å². The molecule has 28 heavy (non-hydrogen) atoms. The molecular formula is C19H29IN6O2. The fourth-order valence-corrected chi connectivity index (χ4v) is 2.57. The minimum atomic E-state index is -0.142. The largest absolute Gasteiger partial charge is 0.361 e. The fraction of sp³-hybridized carbons (Fsp3) is 0.474. The second-order valence-corrected chi connectivity index (χ2v) is 5.86. The number of hydrogen-bond acceptors (Lipinski definition) is 5. The molecule has 2 heterocycles. The van der Waals surface area contributed by atoms with Gasteiger partial charge in [0.2, 0.25) is 0 Å². The molecule has 8 nitrogen and oxygen atoms in total. The first kappa shape index (κ1) is 23.9. The van der Waals surface area contributed by atoms with Crippen molar-refractivity contribution in [3.8, 4) is 0 Å². The normalized spacial score (nSPS) is 10.9. The number of carbonyl (C=O) groups excluding carboxylic acids is 1. The fourth-order valence-electron chi connectivity index (χ4n) is 2.57. The minimum absolute atomic E-state index is 0. The van der Waals surface area contributed by atoms with Gasteiger partial charge in [-0.05, 0) is 25.5 Å². The van der Waals surface area contributed by atoms with E-state index in [1.807, 2.05) is 13.8 Å². The summed E-state index contributed by atoms with van der Waals surface area (Å²) in [5.74, 6) is 1.44. The summed E-state index contributed by atoms with van der Waals surface area (Å²) >= 11 is 0. The molecule has 0 radical (unpaired) electrons. The smallest absolute Gasteiger partial charge is 0.252 e. The molecule has 0 bridgehead atoms. The number of aryl methyl sites for hydroxylation is 2. The van der Waals surface area contributed by atoms with E-state index in [0.717, 1.165) is 36.4 Å². The Kier molecular flexibility index (Phi) is 11.2. The van der Waals surface area contributed by atoms with Crippen LogP contribution in [0.2, 0.25) is 0 Å². The summed E-state index contributed by atoms with van der Waals surface area (Å²) in [5.41, 5.74) is 2.56. The van der Waals surface area contributed by atoms with Crippen LogP contribution in [-0.2, 0) is 19.4 Å². The van der Waals surface area contributed by atoms with Gasteiger partial charge in [-0.15, -0.1) is 24.0 Å². The second kappa shape index (κ2) is 13.1. The number of nitrogens with zero attached hydrogens (tertiary/aromatic N) is 3. The van der Waals surface area contributed by atoms with E-state index in [1.54, 1.807) is 24.5 Å². The van der Waals surface area contributed by atoms with E-state index in [2.05, 4.69) is 38.0 Å². The van der Waals surface area contributed by atoms with Crippen molar-refractivity contribution in [3.05, 3.63) is 47.1 Å². The summed E-state index contributed by atoms with van der Waals surface area (Å²) in [7, 11) is 0. The molecule has 0 aromatic carbocycles. The lowest BCUT2D eigenvalue weighted by molar-refractivity contribution is 0.0954. The summed E-state index contributed by atoms with van der Waals surface area (Å²) in [6.07, 6.45) is 4.80. The van der Waals surface area contributed by atoms with Gasteiger partial charge in [0.15, 0.2) is 5.96 Å². The topological polar surface area (TPSA) is 104 Å². The van der Waals surface area contributed by atoms with Gasteiger partial charge in [-0.25, -0.2) is 4.99 Å². The Morgan fingerprint density at radius 1 is 1.14 bits per heavy atom. The molecule has 2 aromatic rings. The lowest BCUT2D eigenvalue weighted by Crippen LogP contribution is -2.41. The third kappa shape index (κ3) is 7.10. The monoisotopic (exact) mass is 500 g/mol. The lowest BCUT2D eigenvalue weighted by atomic mass is 10.1. The van der Waals surface area contributed by atoms with Crippen LogP contribution in [0.15, 0.2) is 34.0 Å². The number of aliphatic imine (C=N–C) groups is 1. The van der Waals surface area contributed by atoms with E-state index in [9.17, 15) is 4.79 Å². The Bertz CT molecular complexity index is 727. The van der Waals surface area contributed by atoms with Gasteiger partial charge in [0.1, 0.15) is 5.76 Å². The minimum Gasteiger partial charge on any atom is -0.361 e. The standard InChI is InChI=1S/C19H28N6O2.HI/c1-4-16-15(17(5-2)27-25-16)13-24-19(21-6-3)23-11-10-22-18(26)14-8-7-9-20-12-14;/h7-9,12H,4-6,10-11,13H2,1-3H3,(H,22,26)(H2,21,23,24);1H. The molecule has 3 N–H and O–H groups in total. The summed E-state index contributed by atoms with van der Waals surface area (Å²) < 4.78 is 5.38. The Labute approximate surface area is 183 Å². The van der Waals surface area contributed by atoms with Gasteiger partial charge in [-0.2, -0.15) is 0 Å². The molecule has 154 valence electrons. The summed E-state index contributed by atoms with van der Waals surface area (Å²) in [4.78, 5) is 20.6. The third-order valence-corrected chi connectivity index (χ3v) is 3.97. The van der Waals surface area contributed by atoms with Gasteiger partial charge >= 0.3 is 0 Å². The molecule has 0 saturated heterocycles. The zero-order chi connectivity index (χ0) is 19.5. The van der Waals surface area contributed by atoms with E-state index in [0.29, 0.717) is 31.2 Å². The van der Waals surface area contributed by atoms with Crippen molar-refractivity contribution in [2.24, 2.45) is 4.99 Å². The molecule has 9 heteroatoms. The van der Waals surface area contributed by atoms with Crippen molar-refractivity contribution >= 4 is 35.8 Å². The number of nitrogens with one attached hydrogen (secondary N) is 3. The van der Waals surface area contributed by atoms with Crippen molar-refractivity contribution < 1.29 is 9.32 Å². The van der Waals surface area contributed by atoms with Crippen LogP contribution in [0.5, 0.6) is 0 Å². The SMILES string of the molecule is CCNC(=NCc1c(CC)noc1CC)NCCNC(=O)c1cccnc1.I. The summed E-state index contributed by atoms with van der Waals surface area (Å²) in [6.45, 7) is 8.40. The van der Waals surface area contributed by atoms with Gasteiger partial charge in [0, 0.05) is 44.0 Å². The number of halogens is 1. The van der Waals surface area contributed by atoms with Gasteiger partial charge in [-0.1, -0.05) is 19.0 Å². The number of amides is 1. The first-order chi connectivity index (χ1) is 13.2. The highest BCUT2D eigenvalue weighted by atomic mass is 127. The Morgan fingerprint density at radius 3 is 2.57 bits per heavy atom. The van der Waals surface area contributed by atoms with Crippen LogP contribution in [0.3, 0.4) is 0 Å². The van der Waals surface area contributed by atoms with E-state index in [-0.39, 0.29) is 29.9 Å². The first-order valence-corrected chi connectivity index (χ1v) is 9.36. The van der Waals surface area contributed by atoms with E-state index < -0.39 is 0 Å². The van der Waals surface area contributed by atoms with Crippen molar-refractivity contribution in [2.45, 2.75) is 40.2 Å². The molecule has 0 spiro atoms. The van der Waals surface area contributed by atoms with Crippen LogP contribution in [0.1, 0.15) is 48.1 Å². The van der Waals surface area contributed by atoms with Gasteiger partial charge in [0.25, 0.3) is 5.91 Å². The van der Waals surface area contributed by atoms with Crippen LogP contribution in [-0.4, -0.2) is 41.6 Å². The molecule has 0 aliphatic carbocycles. The summed E-state index contributed by atoms with van der Waals surface area (Å²) in [5, 5.41) is 13.4. The third-order valence-electron chi connectivity index (χ3n) is 3.97. The number of guanidine groups is 1. The number of pyridine rings is 1. The van der Waals surface area contributed by atoms with Gasteiger partial charge in [-0.3, -0.25) is 9.78 Å². The van der Waals surface area contributed by atoms with Gasteiger partial charge in [0.05, 0.1) is 17.8 Å². The molecule has 2 rings (SSSR count). The maximum Gasteiger partial charge on any atom is 0.252 e. The molecule has 0 saturated carbocycles. The highest BCUT2D eigenvalue weighted by Crippen LogP contribution is 2.16. The zero-order valence-electron chi connectivity index (χ0n) is 16.6. The molecule has 0 unspecified atom stereocenters. The molecule has 0 aliphatic rings. The Morgan fingerprint density at radius 2 is 1.93 bits per heavy atom. The maximum absolute atomic E-state index is 12.0. The van der Waals surface area contributed by atoms with E-state index in [1.165, 1.54) is 0 Å². The van der Waals surface area contributed by atoms with Crippen LogP contribution in [0.4, 0.5) is 0 Å². The predicted octanol–water partition coefficient (Wildman–Crippen LogP) is 2.30.